The normalized spacial score (nSPS) is 42.4. The first-order valence-corrected chi connectivity index (χ1v) is 16.6. The molecule has 0 aromatic heterocycles. The van der Waals surface area contributed by atoms with Crippen LogP contribution in [0.1, 0.15) is 76.2 Å². The summed E-state index contributed by atoms with van der Waals surface area (Å²) in [7, 11) is 0. The second-order valence-corrected chi connectivity index (χ2v) is 13.9. The highest BCUT2D eigenvalue weighted by Crippen LogP contribution is 2.59. The first-order valence-electron chi connectivity index (χ1n) is 16.6. The molecule has 4 heterocycles. The molecule has 7 rings (SSSR count). The van der Waals surface area contributed by atoms with Gasteiger partial charge in [0, 0.05) is 19.4 Å². The Morgan fingerprint density at radius 3 is 2.69 bits per heavy atom. The van der Waals surface area contributed by atoms with E-state index in [1.54, 1.807) is 6.26 Å². The molecular formula is C36H48O9. The van der Waals surface area contributed by atoms with Gasteiger partial charge in [-0.05, 0) is 92.4 Å². The predicted octanol–water partition coefficient (Wildman–Crippen LogP) is 3.50. The van der Waals surface area contributed by atoms with E-state index in [0.717, 1.165) is 37.7 Å². The molecule has 6 aliphatic rings. The van der Waals surface area contributed by atoms with Crippen LogP contribution in [0.5, 0.6) is 5.75 Å². The van der Waals surface area contributed by atoms with Gasteiger partial charge in [0.2, 0.25) is 6.29 Å². The van der Waals surface area contributed by atoms with Gasteiger partial charge in [0.15, 0.2) is 5.60 Å². The van der Waals surface area contributed by atoms with Crippen molar-refractivity contribution in [1.29, 1.82) is 0 Å². The minimum Gasteiger partial charge on any atom is -0.486 e. The number of benzene rings is 1. The molecule has 11 atom stereocenters. The van der Waals surface area contributed by atoms with Crippen molar-refractivity contribution < 1.29 is 44.5 Å². The molecule has 9 nitrogen and oxygen atoms in total. The van der Waals surface area contributed by atoms with Crippen LogP contribution in [0.3, 0.4) is 0 Å². The fourth-order valence-corrected chi connectivity index (χ4v) is 8.74. The molecule has 9 heteroatoms. The molecule has 246 valence electrons. The molecule has 2 spiro atoms. The zero-order valence-electron chi connectivity index (χ0n) is 25.9. The minimum absolute atomic E-state index is 0.0932. The zero-order chi connectivity index (χ0) is 31.7. The van der Waals surface area contributed by atoms with Gasteiger partial charge in [-0.1, -0.05) is 37.0 Å². The van der Waals surface area contributed by atoms with Gasteiger partial charge in [-0.25, -0.2) is 0 Å². The Hall–Kier alpha value is -2.58. The molecule has 3 bridgehead atoms. The number of rotatable bonds is 7. The summed E-state index contributed by atoms with van der Waals surface area (Å²) in [6.07, 6.45) is 8.52. The van der Waals surface area contributed by atoms with E-state index in [1.165, 1.54) is 0 Å². The quantitative estimate of drug-likeness (QED) is 0.228. The molecular weight excluding hydrogens is 576 g/mol. The molecule has 5 N–H and O–H groups in total. The molecule has 2 aliphatic carbocycles. The Morgan fingerprint density at radius 1 is 1.09 bits per heavy atom. The van der Waals surface area contributed by atoms with E-state index in [-0.39, 0.29) is 25.4 Å². The van der Waals surface area contributed by atoms with Crippen molar-refractivity contribution in [3.05, 3.63) is 54.8 Å². The van der Waals surface area contributed by atoms with E-state index >= 15 is 0 Å². The monoisotopic (exact) mass is 624 g/mol. The number of aliphatic hydroxyl groups is 5. The van der Waals surface area contributed by atoms with E-state index in [0.29, 0.717) is 37.9 Å². The smallest absolute Gasteiger partial charge is 0.243 e. The lowest BCUT2D eigenvalue weighted by Crippen LogP contribution is -2.70. The second kappa shape index (κ2) is 13.3. The summed E-state index contributed by atoms with van der Waals surface area (Å²) in [5.74, 6) is 3.15. The highest BCUT2D eigenvalue weighted by Gasteiger charge is 2.65. The van der Waals surface area contributed by atoms with E-state index in [2.05, 4.69) is 18.6 Å². The molecule has 0 radical (unpaired) electrons. The van der Waals surface area contributed by atoms with Gasteiger partial charge in [0.1, 0.15) is 36.3 Å². The standard InChI is InChI=1S/C36H48O9/c1-2-7-24-11-13-26(14-12-24)44-33-36-22-27(34(18-21-43-36)17-15-25-8-3-4-16-35(25,41)23-34)28(38)9-6-20-42-29(10-5-19-37)31(45-33)30(39)32(36)40/h2,11-14,18,21,25,27-33,37-41H,1,3-5,7-10,15-17,19,22-23H2. The van der Waals surface area contributed by atoms with Crippen LogP contribution in [0.2, 0.25) is 0 Å². The van der Waals surface area contributed by atoms with Gasteiger partial charge in [-0.3, -0.25) is 0 Å². The Balaban J connectivity index is 1.42. The van der Waals surface area contributed by atoms with Crippen molar-refractivity contribution in [1.82, 2.24) is 0 Å². The SMILES string of the molecule is C=CCc1ccc(OC2OC3C(CCCO)OC#CCC(O)C4CC2(OC=CC42CCC4CCCCC4(O)C2)C(O)C3O)cc1. The molecule has 1 aromatic carbocycles. The lowest BCUT2D eigenvalue weighted by molar-refractivity contribution is -0.334. The van der Waals surface area contributed by atoms with Gasteiger partial charge in [-0.15, -0.1) is 6.58 Å². The van der Waals surface area contributed by atoms with Crippen molar-refractivity contribution in [2.45, 2.75) is 125 Å². The Morgan fingerprint density at radius 2 is 1.91 bits per heavy atom. The van der Waals surface area contributed by atoms with Gasteiger partial charge in [-0.2, -0.15) is 0 Å². The third kappa shape index (κ3) is 6.14. The van der Waals surface area contributed by atoms with Gasteiger partial charge < -0.3 is 44.5 Å². The summed E-state index contributed by atoms with van der Waals surface area (Å²) >= 11 is 0. The fraction of sp³-hybridized carbons (Fsp3) is 0.667. The van der Waals surface area contributed by atoms with Crippen molar-refractivity contribution in [2.75, 3.05) is 6.61 Å². The molecule has 0 amide bonds. The minimum atomic E-state index is -1.61. The van der Waals surface area contributed by atoms with Crippen molar-refractivity contribution in [3.63, 3.8) is 0 Å². The second-order valence-electron chi connectivity index (χ2n) is 13.9. The lowest BCUT2D eigenvalue weighted by Gasteiger charge is -2.56. The molecule has 1 saturated heterocycles. The predicted molar refractivity (Wildman–Crippen MR) is 165 cm³/mol. The number of aliphatic hydroxyl groups excluding tert-OH is 4. The average molecular weight is 625 g/mol. The largest absolute Gasteiger partial charge is 0.486 e. The molecule has 3 fully saturated rings. The molecule has 4 aliphatic heterocycles. The van der Waals surface area contributed by atoms with E-state index < -0.39 is 59.3 Å². The van der Waals surface area contributed by atoms with E-state index in [9.17, 15) is 25.5 Å². The average Bonchev–Trinajstić information content (AvgIpc) is 3.19. The first kappa shape index (κ1) is 32.4. The van der Waals surface area contributed by atoms with E-state index in [1.807, 2.05) is 36.4 Å². The maximum Gasteiger partial charge on any atom is 0.243 e. The highest BCUT2D eigenvalue weighted by molar-refractivity contribution is 5.29. The maximum atomic E-state index is 12.0. The number of hydrogen-bond donors (Lipinski definition) is 5. The third-order valence-corrected chi connectivity index (χ3v) is 11.2. The van der Waals surface area contributed by atoms with Crippen LogP contribution >= 0.6 is 0 Å². The molecule has 11 unspecified atom stereocenters. The number of hydrogen-bond acceptors (Lipinski definition) is 9. The fourth-order valence-electron chi connectivity index (χ4n) is 8.74. The summed E-state index contributed by atoms with van der Waals surface area (Å²) in [5.41, 5.74) is -2.05. The van der Waals surface area contributed by atoms with Crippen molar-refractivity contribution in [3.8, 4) is 17.8 Å². The van der Waals surface area contributed by atoms with Crippen LogP contribution in [0, 0.1) is 29.3 Å². The van der Waals surface area contributed by atoms with Crippen molar-refractivity contribution in [2.24, 2.45) is 17.3 Å². The maximum absolute atomic E-state index is 12.0. The van der Waals surface area contributed by atoms with Crippen LogP contribution in [0.25, 0.3) is 0 Å². The summed E-state index contributed by atoms with van der Waals surface area (Å²) < 4.78 is 25.4. The van der Waals surface area contributed by atoms with Gasteiger partial charge >= 0.3 is 0 Å². The van der Waals surface area contributed by atoms with E-state index in [4.69, 9.17) is 18.9 Å². The van der Waals surface area contributed by atoms with Crippen LogP contribution < -0.4 is 4.74 Å². The summed E-state index contributed by atoms with van der Waals surface area (Å²) in [6, 6.07) is 7.48. The van der Waals surface area contributed by atoms with Gasteiger partial charge in [0.05, 0.1) is 18.0 Å². The number of allylic oxidation sites excluding steroid dienone is 2. The summed E-state index contributed by atoms with van der Waals surface area (Å²) in [4.78, 5) is 0. The third-order valence-electron chi connectivity index (χ3n) is 11.2. The van der Waals surface area contributed by atoms with Crippen LogP contribution in [0.15, 0.2) is 49.3 Å². The van der Waals surface area contributed by atoms with Crippen molar-refractivity contribution >= 4 is 0 Å². The van der Waals surface area contributed by atoms with Crippen LogP contribution in [-0.2, 0) is 20.6 Å². The molecule has 45 heavy (non-hydrogen) atoms. The molecule has 1 aromatic rings. The molecule has 2 saturated carbocycles. The highest BCUT2D eigenvalue weighted by atomic mass is 16.7. The summed E-state index contributed by atoms with van der Waals surface area (Å²) in [6.45, 7) is 3.71. The lowest BCUT2D eigenvalue weighted by atomic mass is 9.53. The number of ether oxygens (including phenoxy) is 4. The number of fused-ring (bicyclic) bond motifs is 7. The Labute approximate surface area is 265 Å². The summed E-state index contributed by atoms with van der Waals surface area (Å²) in [5, 5.41) is 57.0. The van der Waals surface area contributed by atoms with Crippen LogP contribution in [-0.4, -0.2) is 80.2 Å². The topological polar surface area (TPSA) is 138 Å². The Bertz CT molecular complexity index is 1270. The van der Waals surface area contributed by atoms with Crippen LogP contribution in [0.4, 0.5) is 0 Å². The Kier molecular flexibility index (Phi) is 9.54. The zero-order valence-corrected chi connectivity index (χ0v) is 25.9. The first-order chi connectivity index (χ1) is 21.7. The van der Waals surface area contributed by atoms with Gasteiger partial charge in [0.25, 0.3) is 0 Å².